The van der Waals surface area contributed by atoms with Crippen molar-refractivity contribution >= 4 is 8.53 Å². The van der Waals surface area contributed by atoms with E-state index in [4.69, 9.17) is 23.2 Å². The number of aliphatic hydroxyl groups excluding tert-OH is 1. The Hall–Kier alpha value is -1.40. The van der Waals surface area contributed by atoms with E-state index < -0.39 is 27.0 Å². The first-order chi connectivity index (χ1) is 16.0. The number of nitrogens with zero attached hydrogens (tertiary/aromatic N) is 4. The van der Waals surface area contributed by atoms with E-state index in [1.165, 1.54) is 11.7 Å². The minimum Gasteiger partial charge on any atom is -0.400 e. The largest absolute Gasteiger partial charge is 0.400 e. The van der Waals surface area contributed by atoms with Crippen LogP contribution in [0.15, 0.2) is 11.0 Å². The molecule has 5 atom stereocenters. The van der Waals surface area contributed by atoms with E-state index in [2.05, 4.69) is 47.3 Å². The van der Waals surface area contributed by atoms with Crippen LogP contribution in [0.4, 0.5) is 0 Å². The van der Waals surface area contributed by atoms with Crippen molar-refractivity contribution in [3.63, 3.8) is 0 Å². The Morgan fingerprint density at radius 2 is 2.09 bits per heavy atom. The molecule has 1 fully saturated rings. The van der Waals surface area contributed by atoms with Crippen molar-refractivity contribution in [1.82, 2.24) is 14.2 Å². The van der Waals surface area contributed by atoms with Gasteiger partial charge in [-0.2, -0.15) is 4.98 Å². The van der Waals surface area contributed by atoms with Gasteiger partial charge in [0.25, 0.3) is 8.53 Å². The fourth-order valence-electron chi connectivity index (χ4n) is 3.59. The van der Waals surface area contributed by atoms with Crippen molar-refractivity contribution in [3.05, 3.63) is 39.4 Å². The van der Waals surface area contributed by atoms with Crippen molar-refractivity contribution in [3.8, 4) is 0 Å². The van der Waals surface area contributed by atoms with Crippen LogP contribution in [0.25, 0.3) is 4.85 Å². The van der Waals surface area contributed by atoms with Gasteiger partial charge in [0.2, 0.25) is 7.98 Å². The normalized spacial score (nSPS) is 24.7. The van der Waals surface area contributed by atoms with E-state index in [1.54, 1.807) is 13.1 Å². The summed E-state index contributed by atoms with van der Waals surface area (Å²) in [6, 6.07) is 0.349. The molecular formula is C22H39N4O5P. The lowest BCUT2D eigenvalue weighted by atomic mass is 10.0. The Morgan fingerprint density at radius 1 is 1.47 bits per heavy atom. The highest BCUT2D eigenvalue weighted by atomic mass is 31.2. The maximum absolute atomic E-state index is 12.5. The van der Waals surface area contributed by atoms with Crippen LogP contribution < -0.4 is 5.69 Å². The standard InChI is InChI=1S/C21H35N4O4P.CH4O/c1-13(2)25(14(3)4)30(27-11-10-22-9)29-19-16(6)20(28-18(19)8)24-12-15(5)17(7)23-21(24)26;1-2/h12-14,16,18-20H,10-11H2,1-8H3;2H,1H3/t16?,18-,19?,20-,30?;/m1./s1/i8D;2T. The van der Waals surface area contributed by atoms with Crippen molar-refractivity contribution in [2.75, 3.05) is 20.3 Å². The van der Waals surface area contributed by atoms with Crippen LogP contribution >= 0.6 is 8.53 Å². The average molecular weight is 474 g/mol. The van der Waals surface area contributed by atoms with E-state index in [9.17, 15) is 4.79 Å². The Labute approximate surface area is 196 Å². The van der Waals surface area contributed by atoms with Crippen LogP contribution in [0.3, 0.4) is 0 Å². The smallest absolute Gasteiger partial charge is 0.349 e. The fraction of sp³-hybridized carbons (Fsp3) is 0.773. The summed E-state index contributed by atoms with van der Waals surface area (Å²) in [6.07, 6.45) is 0.282. The molecule has 3 unspecified atom stereocenters. The highest BCUT2D eigenvalue weighted by molar-refractivity contribution is 7.44. The molecule has 1 saturated heterocycles. The van der Waals surface area contributed by atoms with Crippen molar-refractivity contribution in [2.24, 2.45) is 5.92 Å². The Balaban J connectivity index is 0.00000182. The molecule has 2 rings (SSSR count). The van der Waals surface area contributed by atoms with E-state index in [0.717, 1.165) is 5.56 Å². The first-order valence-electron chi connectivity index (χ1n) is 11.9. The lowest BCUT2D eigenvalue weighted by Gasteiger charge is -2.37. The number of aliphatic hydroxyl groups is 1. The lowest BCUT2D eigenvalue weighted by Crippen LogP contribution is -2.37. The second-order valence-corrected chi connectivity index (χ2v) is 9.62. The monoisotopic (exact) mass is 473 g/mol. The molecule has 1 aliphatic rings. The van der Waals surface area contributed by atoms with E-state index in [-0.39, 0.29) is 43.7 Å². The molecule has 0 aliphatic carbocycles. The van der Waals surface area contributed by atoms with E-state index in [1.807, 2.05) is 13.8 Å². The molecule has 0 amide bonds. The molecular weight excluding hydrogens is 431 g/mol. The predicted octanol–water partition coefficient (Wildman–Crippen LogP) is 3.69. The molecule has 2 heterocycles. The van der Waals surface area contributed by atoms with Gasteiger partial charge in [-0.15, -0.1) is 0 Å². The zero-order valence-electron chi connectivity index (χ0n) is 22.4. The molecule has 0 bridgehead atoms. The van der Waals surface area contributed by atoms with Crippen molar-refractivity contribution in [2.45, 2.75) is 85.9 Å². The van der Waals surface area contributed by atoms with Gasteiger partial charge < -0.3 is 23.7 Å². The van der Waals surface area contributed by atoms with Crippen LogP contribution in [0.2, 0.25) is 0 Å². The molecule has 1 N–H and O–H groups in total. The average Bonchev–Trinajstić information content (AvgIpc) is 3.06. The van der Waals surface area contributed by atoms with Crippen LogP contribution in [-0.4, -0.2) is 65.3 Å². The van der Waals surface area contributed by atoms with Gasteiger partial charge in [-0.3, -0.25) is 4.57 Å². The van der Waals surface area contributed by atoms with Crippen LogP contribution in [0.5, 0.6) is 0 Å². The quantitative estimate of drug-likeness (QED) is 0.332. The summed E-state index contributed by atoms with van der Waals surface area (Å²) in [5, 5.41) is 3.50. The summed E-state index contributed by atoms with van der Waals surface area (Å²) in [6.45, 7) is 21.6. The highest BCUT2D eigenvalue weighted by Crippen LogP contribution is 2.51. The summed E-state index contributed by atoms with van der Waals surface area (Å²) in [4.78, 5) is 20.0. The molecule has 0 aromatic carbocycles. The minimum absolute atomic E-state index is 0.00706. The molecule has 1 aromatic heterocycles. The van der Waals surface area contributed by atoms with Crippen LogP contribution in [0, 0.1) is 26.3 Å². The zero-order valence-corrected chi connectivity index (χ0v) is 21.3. The predicted molar refractivity (Wildman–Crippen MR) is 126 cm³/mol. The van der Waals surface area contributed by atoms with Gasteiger partial charge in [-0.05, 0) is 54.0 Å². The molecule has 10 heteroatoms. The lowest BCUT2D eigenvalue weighted by molar-refractivity contribution is -0.0135. The van der Waals surface area contributed by atoms with Crippen LogP contribution in [-0.2, 0) is 13.8 Å². The van der Waals surface area contributed by atoms with Gasteiger partial charge in [0, 0.05) is 38.4 Å². The Morgan fingerprint density at radius 3 is 2.62 bits per heavy atom. The van der Waals surface area contributed by atoms with Gasteiger partial charge in [0.15, 0.2) is 0 Å². The number of aryl methyl sites for hydroxylation is 2. The van der Waals surface area contributed by atoms with Gasteiger partial charge in [-0.25, -0.2) is 16.0 Å². The third-order valence-corrected chi connectivity index (χ3v) is 7.30. The first-order valence-corrected chi connectivity index (χ1v) is 11.9. The first kappa shape index (κ1) is 25.2. The summed E-state index contributed by atoms with van der Waals surface area (Å²) in [7, 11) is -0.176. The number of aromatic nitrogens is 2. The molecule has 0 radical (unpaired) electrons. The second kappa shape index (κ2) is 13.3. The van der Waals surface area contributed by atoms with Crippen molar-refractivity contribution in [1.29, 1.82) is 1.43 Å². The molecule has 32 heavy (non-hydrogen) atoms. The fourth-order valence-corrected chi connectivity index (χ4v) is 5.42. The van der Waals surface area contributed by atoms with E-state index in [0.29, 0.717) is 5.69 Å². The SMILES string of the molecule is [2H]C[C@H]1O[C@@H](n2cc(C)c(C)nc2=O)C(C)C1OP(OCC[N+]#[C-])N(C(C)C)C(C)C.[3H]OC. The van der Waals surface area contributed by atoms with Gasteiger partial charge >= 0.3 is 5.69 Å². The third kappa shape index (κ3) is 7.05. The van der Waals surface area contributed by atoms with Crippen molar-refractivity contribution < 1.29 is 20.3 Å². The Bertz CT molecular complexity index is 844. The van der Waals surface area contributed by atoms with E-state index >= 15 is 0 Å². The molecule has 0 saturated carbocycles. The third-order valence-electron chi connectivity index (χ3n) is 5.17. The molecule has 182 valence electrons. The number of hydrogen-bond acceptors (Lipinski definition) is 7. The Kier molecular flexibility index (Phi) is 10.5. The molecule has 1 aromatic rings. The number of hydrogen-bond donors (Lipinski definition) is 1. The maximum atomic E-state index is 12.5. The summed E-state index contributed by atoms with van der Waals surface area (Å²) in [5.41, 5.74) is 1.22. The summed E-state index contributed by atoms with van der Waals surface area (Å²) < 4.78 is 36.0. The van der Waals surface area contributed by atoms with Crippen LogP contribution in [0.1, 0.15) is 60.4 Å². The summed E-state index contributed by atoms with van der Waals surface area (Å²) in [5.74, 6) is -0.187. The van der Waals surface area contributed by atoms with Gasteiger partial charge in [0.1, 0.15) is 12.8 Å². The summed E-state index contributed by atoms with van der Waals surface area (Å²) >= 11 is 0. The number of rotatable bonds is 9. The maximum Gasteiger partial charge on any atom is 0.349 e. The van der Waals surface area contributed by atoms with Gasteiger partial charge in [-0.1, -0.05) is 6.92 Å². The number of ether oxygens (including phenoxy) is 1. The minimum atomic E-state index is -1.47. The molecule has 0 spiro atoms. The zero-order chi connectivity index (χ0) is 26.0. The second-order valence-electron chi connectivity index (χ2n) is 8.21. The molecule has 9 nitrogen and oxygen atoms in total. The van der Waals surface area contributed by atoms with Gasteiger partial charge in [0.05, 0.1) is 12.2 Å². The molecule has 1 aliphatic heterocycles. The topological polar surface area (TPSA) is 90.4 Å². The highest BCUT2D eigenvalue weighted by Gasteiger charge is 2.45.